The molecule has 1 N–H and O–H groups in total. The first-order valence-electron chi connectivity index (χ1n) is 6.24. The third-order valence-corrected chi connectivity index (χ3v) is 2.57. The Morgan fingerprint density at radius 1 is 1.15 bits per heavy atom. The molecule has 5 heteroatoms. The van der Waals surface area contributed by atoms with Crippen LogP contribution in [0.3, 0.4) is 0 Å². The molecule has 0 saturated heterocycles. The Labute approximate surface area is 118 Å². The molecule has 0 unspecified atom stereocenters. The van der Waals surface area contributed by atoms with E-state index in [1.54, 1.807) is 0 Å². The van der Waals surface area contributed by atoms with Gasteiger partial charge in [0, 0.05) is 16.7 Å². The van der Waals surface area contributed by atoms with Crippen molar-refractivity contribution in [2.24, 2.45) is 0 Å². The van der Waals surface area contributed by atoms with E-state index in [1.165, 1.54) is 26.8 Å². The van der Waals surface area contributed by atoms with E-state index in [4.69, 9.17) is 5.11 Å². The molecule has 0 aromatic rings. The van der Waals surface area contributed by atoms with Crippen LogP contribution in [-0.4, -0.2) is 23.0 Å². The fourth-order valence-corrected chi connectivity index (χ4v) is 1.34. The van der Waals surface area contributed by atoms with Crippen molar-refractivity contribution in [2.75, 3.05) is 0 Å². The summed E-state index contributed by atoms with van der Waals surface area (Å²) in [6.07, 6.45) is 2.68. The van der Waals surface area contributed by atoms with Crippen LogP contribution in [0.2, 0.25) is 0 Å². The second kappa shape index (κ2) is 8.09. The zero-order chi connectivity index (χ0) is 15.9. The number of hydrogen-bond donors (Lipinski definition) is 1. The van der Waals surface area contributed by atoms with E-state index >= 15 is 0 Å². The molecule has 0 bridgehead atoms. The Morgan fingerprint density at radius 2 is 1.70 bits per heavy atom. The van der Waals surface area contributed by atoms with Gasteiger partial charge in [0.1, 0.15) is 0 Å². The fraction of sp³-hybridized carbons (Fsp3) is 0.400. The fourth-order valence-electron chi connectivity index (χ4n) is 1.34. The molecule has 0 aliphatic rings. The number of carboxylic acid groups (broad SMARTS) is 1. The van der Waals surface area contributed by atoms with Crippen molar-refractivity contribution in [3.05, 3.63) is 34.9 Å². The minimum absolute atomic E-state index is 0.117. The van der Waals surface area contributed by atoms with Crippen LogP contribution in [0.5, 0.6) is 0 Å². The molecule has 0 radical (unpaired) electrons. The molecule has 0 aromatic heterocycles. The predicted octanol–water partition coefficient (Wildman–Crippen LogP) is 2.78. The molecule has 0 fully saturated rings. The molecule has 0 atom stereocenters. The maximum atomic E-state index is 11.8. The number of hydrogen-bond acceptors (Lipinski definition) is 4. The summed E-state index contributed by atoms with van der Waals surface area (Å²) in [5.41, 5.74) is 1.02. The SMILES string of the molecule is C=C(C)C(=O)OC(=O)C(C)=C(C=C(C)C(=O)O)CCC. The van der Waals surface area contributed by atoms with Crippen LogP contribution in [0.1, 0.15) is 40.5 Å². The standard InChI is InChI=1S/C15H20O5/c1-6-7-12(8-10(4)13(16)17)11(5)15(19)20-14(18)9(2)3/h8H,2,6-7H2,1,3-5H3,(H,16,17). The van der Waals surface area contributed by atoms with Crippen molar-refractivity contribution in [3.8, 4) is 0 Å². The zero-order valence-corrected chi connectivity index (χ0v) is 12.3. The monoisotopic (exact) mass is 280 g/mol. The van der Waals surface area contributed by atoms with Crippen LogP contribution in [-0.2, 0) is 19.1 Å². The van der Waals surface area contributed by atoms with Crippen LogP contribution >= 0.6 is 0 Å². The van der Waals surface area contributed by atoms with Gasteiger partial charge in [-0.1, -0.05) is 19.9 Å². The van der Waals surface area contributed by atoms with Crippen molar-refractivity contribution in [2.45, 2.75) is 40.5 Å². The molecule has 0 aliphatic carbocycles. The minimum Gasteiger partial charge on any atom is -0.478 e. The zero-order valence-electron chi connectivity index (χ0n) is 12.3. The summed E-state index contributed by atoms with van der Waals surface area (Å²) in [4.78, 5) is 33.9. The van der Waals surface area contributed by atoms with Crippen molar-refractivity contribution >= 4 is 17.9 Å². The lowest BCUT2D eigenvalue weighted by Crippen LogP contribution is -2.14. The first-order chi connectivity index (χ1) is 9.20. The molecule has 5 nitrogen and oxygen atoms in total. The lowest BCUT2D eigenvalue weighted by atomic mass is 10.0. The topological polar surface area (TPSA) is 80.7 Å². The van der Waals surface area contributed by atoms with Crippen molar-refractivity contribution in [1.29, 1.82) is 0 Å². The maximum absolute atomic E-state index is 11.8. The lowest BCUT2D eigenvalue weighted by Gasteiger charge is -2.08. The number of carbonyl (C=O) groups excluding carboxylic acids is 2. The van der Waals surface area contributed by atoms with Crippen LogP contribution in [0.25, 0.3) is 0 Å². The smallest absolute Gasteiger partial charge is 0.341 e. The number of carboxylic acids is 1. The van der Waals surface area contributed by atoms with Gasteiger partial charge < -0.3 is 9.84 Å². The van der Waals surface area contributed by atoms with Gasteiger partial charge in [-0.05, 0) is 38.8 Å². The van der Waals surface area contributed by atoms with E-state index in [1.807, 2.05) is 6.92 Å². The third kappa shape index (κ3) is 5.65. The second-order valence-electron chi connectivity index (χ2n) is 4.49. The first-order valence-corrected chi connectivity index (χ1v) is 6.24. The van der Waals surface area contributed by atoms with E-state index in [0.29, 0.717) is 12.0 Å². The molecule has 0 heterocycles. The molecule has 0 saturated carbocycles. The van der Waals surface area contributed by atoms with Gasteiger partial charge >= 0.3 is 17.9 Å². The van der Waals surface area contributed by atoms with Gasteiger partial charge in [-0.3, -0.25) is 0 Å². The molecule has 0 spiro atoms. The van der Waals surface area contributed by atoms with E-state index in [-0.39, 0.29) is 16.7 Å². The summed E-state index contributed by atoms with van der Waals surface area (Å²) in [6.45, 7) is 9.68. The highest BCUT2D eigenvalue weighted by atomic mass is 16.6. The molecular formula is C15H20O5. The Morgan fingerprint density at radius 3 is 2.10 bits per heavy atom. The van der Waals surface area contributed by atoms with Gasteiger partial charge in [0.15, 0.2) is 0 Å². The highest BCUT2D eigenvalue weighted by Crippen LogP contribution is 2.17. The number of esters is 2. The van der Waals surface area contributed by atoms with Crippen LogP contribution in [0.15, 0.2) is 34.9 Å². The number of carbonyl (C=O) groups is 3. The summed E-state index contributed by atoms with van der Waals surface area (Å²) in [7, 11) is 0. The summed E-state index contributed by atoms with van der Waals surface area (Å²) in [5, 5.41) is 8.86. The summed E-state index contributed by atoms with van der Waals surface area (Å²) in [6, 6.07) is 0. The molecule has 0 aromatic carbocycles. The van der Waals surface area contributed by atoms with Gasteiger partial charge in [0.2, 0.25) is 0 Å². The van der Waals surface area contributed by atoms with Crippen LogP contribution in [0, 0.1) is 0 Å². The van der Waals surface area contributed by atoms with Gasteiger partial charge in [-0.15, -0.1) is 0 Å². The molecule has 20 heavy (non-hydrogen) atoms. The Balaban J connectivity index is 5.35. The van der Waals surface area contributed by atoms with E-state index in [0.717, 1.165) is 6.42 Å². The Bertz CT molecular complexity index is 494. The summed E-state index contributed by atoms with van der Waals surface area (Å²) < 4.78 is 4.63. The average molecular weight is 280 g/mol. The van der Waals surface area contributed by atoms with Gasteiger partial charge in [-0.2, -0.15) is 0 Å². The van der Waals surface area contributed by atoms with E-state index in [2.05, 4.69) is 11.3 Å². The third-order valence-electron chi connectivity index (χ3n) is 2.57. The lowest BCUT2D eigenvalue weighted by molar-refractivity contribution is -0.154. The molecular weight excluding hydrogens is 260 g/mol. The Hall–Kier alpha value is -2.17. The summed E-state index contributed by atoms with van der Waals surface area (Å²) in [5.74, 6) is -2.63. The maximum Gasteiger partial charge on any atom is 0.341 e. The van der Waals surface area contributed by atoms with Crippen molar-refractivity contribution in [3.63, 3.8) is 0 Å². The predicted molar refractivity (Wildman–Crippen MR) is 74.9 cm³/mol. The molecule has 0 amide bonds. The van der Waals surface area contributed by atoms with Crippen LogP contribution < -0.4 is 0 Å². The van der Waals surface area contributed by atoms with E-state index < -0.39 is 17.9 Å². The first kappa shape index (κ1) is 17.8. The highest BCUT2D eigenvalue weighted by molar-refractivity contribution is 6.01. The molecule has 110 valence electrons. The average Bonchev–Trinajstić information content (AvgIpc) is 2.36. The van der Waals surface area contributed by atoms with Gasteiger partial charge in [0.05, 0.1) is 0 Å². The van der Waals surface area contributed by atoms with Gasteiger partial charge in [0.25, 0.3) is 0 Å². The number of aliphatic carboxylic acids is 1. The quantitative estimate of drug-likeness (QED) is 0.350. The number of ether oxygens (including phenoxy) is 1. The number of allylic oxidation sites excluding steroid dienone is 2. The number of rotatable bonds is 6. The minimum atomic E-state index is -1.06. The second-order valence-corrected chi connectivity index (χ2v) is 4.49. The summed E-state index contributed by atoms with van der Waals surface area (Å²) >= 11 is 0. The molecule has 0 aliphatic heterocycles. The van der Waals surface area contributed by atoms with Crippen LogP contribution in [0.4, 0.5) is 0 Å². The van der Waals surface area contributed by atoms with Crippen molar-refractivity contribution < 1.29 is 24.2 Å². The van der Waals surface area contributed by atoms with Crippen molar-refractivity contribution in [1.82, 2.24) is 0 Å². The normalized spacial score (nSPS) is 12.5. The highest BCUT2D eigenvalue weighted by Gasteiger charge is 2.16. The van der Waals surface area contributed by atoms with Gasteiger partial charge in [-0.25, -0.2) is 14.4 Å². The largest absolute Gasteiger partial charge is 0.478 e. The van der Waals surface area contributed by atoms with E-state index in [9.17, 15) is 14.4 Å². The Kier molecular flexibility index (Phi) is 7.21. The molecule has 0 rings (SSSR count).